The molecular weight excluding hydrogens is 238 g/mol. The first-order valence-electron chi connectivity index (χ1n) is 6.30. The van der Waals surface area contributed by atoms with Crippen molar-refractivity contribution in [3.05, 3.63) is 0 Å². The van der Waals surface area contributed by atoms with Crippen LogP contribution in [0.2, 0.25) is 0 Å². The van der Waals surface area contributed by atoms with Gasteiger partial charge in [0.05, 0.1) is 6.61 Å². The Hall–Kier alpha value is -1.14. The van der Waals surface area contributed by atoms with Crippen LogP contribution in [0.15, 0.2) is 0 Å². The highest BCUT2D eigenvalue weighted by Crippen LogP contribution is 2.02. The summed E-state index contributed by atoms with van der Waals surface area (Å²) in [6, 6.07) is 0. The van der Waals surface area contributed by atoms with Crippen LogP contribution in [0.1, 0.15) is 32.6 Å². The number of carboxylic acids is 1. The second-order valence-electron chi connectivity index (χ2n) is 4.05. The second kappa shape index (κ2) is 11.0. The first-order valence-corrected chi connectivity index (χ1v) is 6.30. The average Bonchev–Trinajstić information content (AvgIpc) is 2.32. The molecule has 2 N–H and O–H groups in total. The van der Waals surface area contributed by atoms with Gasteiger partial charge in [-0.15, -0.1) is 0 Å². The van der Waals surface area contributed by atoms with Crippen molar-refractivity contribution in [1.29, 1.82) is 0 Å². The van der Waals surface area contributed by atoms with Gasteiger partial charge in [0.2, 0.25) is 5.91 Å². The number of nitrogens with zero attached hydrogens (tertiary/aromatic N) is 1. The lowest BCUT2D eigenvalue weighted by molar-refractivity contribution is -0.146. The number of rotatable bonds is 11. The van der Waals surface area contributed by atoms with E-state index in [0.29, 0.717) is 6.54 Å². The van der Waals surface area contributed by atoms with E-state index in [9.17, 15) is 9.59 Å². The summed E-state index contributed by atoms with van der Waals surface area (Å²) in [6.07, 6.45) is 4.17. The molecule has 0 radical (unpaired) electrons. The van der Waals surface area contributed by atoms with Gasteiger partial charge >= 0.3 is 5.97 Å². The highest BCUT2D eigenvalue weighted by Gasteiger charge is 2.13. The second-order valence-corrected chi connectivity index (χ2v) is 4.05. The third-order valence-corrected chi connectivity index (χ3v) is 2.46. The lowest BCUT2D eigenvalue weighted by Crippen LogP contribution is -2.37. The normalized spacial score (nSPS) is 10.3. The molecule has 0 rings (SSSR count). The minimum absolute atomic E-state index is 0.0988. The zero-order valence-electron chi connectivity index (χ0n) is 10.9. The molecule has 0 atom stereocenters. The van der Waals surface area contributed by atoms with Crippen molar-refractivity contribution in [1.82, 2.24) is 4.90 Å². The summed E-state index contributed by atoms with van der Waals surface area (Å²) >= 11 is 0. The molecule has 1 amide bonds. The minimum Gasteiger partial charge on any atom is -0.480 e. The predicted octanol–water partition coefficient (Wildman–Crippen LogP) is 0.489. The van der Waals surface area contributed by atoms with Crippen molar-refractivity contribution in [2.24, 2.45) is 0 Å². The molecule has 0 spiro atoms. The van der Waals surface area contributed by atoms with Gasteiger partial charge in [-0.3, -0.25) is 4.79 Å². The first kappa shape index (κ1) is 16.9. The molecule has 0 fully saturated rings. The van der Waals surface area contributed by atoms with E-state index in [1.165, 1.54) is 4.90 Å². The fraction of sp³-hybridized carbons (Fsp3) is 0.833. The fourth-order valence-electron chi connectivity index (χ4n) is 1.53. The van der Waals surface area contributed by atoms with E-state index in [-0.39, 0.29) is 25.7 Å². The molecule has 0 heterocycles. The Labute approximate surface area is 108 Å². The molecule has 0 aromatic rings. The van der Waals surface area contributed by atoms with Gasteiger partial charge in [0.1, 0.15) is 13.2 Å². The van der Waals surface area contributed by atoms with Crippen molar-refractivity contribution in [3.8, 4) is 0 Å². The molecule has 0 aliphatic carbocycles. The minimum atomic E-state index is -1.10. The lowest BCUT2D eigenvalue weighted by Gasteiger charge is -2.21. The van der Waals surface area contributed by atoms with Gasteiger partial charge in [-0.2, -0.15) is 0 Å². The van der Waals surface area contributed by atoms with E-state index in [1.807, 2.05) is 0 Å². The number of hydrogen-bond acceptors (Lipinski definition) is 4. The van der Waals surface area contributed by atoms with Crippen molar-refractivity contribution in [3.63, 3.8) is 0 Å². The van der Waals surface area contributed by atoms with Gasteiger partial charge in [0.25, 0.3) is 0 Å². The van der Waals surface area contributed by atoms with Crippen molar-refractivity contribution < 1.29 is 24.5 Å². The predicted molar refractivity (Wildman–Crippen MR) is 66.3 cm³/mol. The van der Waals surface area contributed by atoms with Crippen LogP contribution in [0.5, 0.6) is 0 Å². The summed E-state index contributed by atoms with van der Waals surface area (Å²) in [6.45, 7) is 2.13. The van der Waals surface area contributed by atoms with E-state index in [2.05, 4.69) is 6.92 Å². The van der Waals surface area contributed by atoms with Crippen molar-refractivity contribution in [2.45, 2.75) is 32.6 Å². The van der Waals surface area contributed by atoms with Crippen molar-refractivity contribution in [2.75, 3.05) is 32.9 Å². The summed E-state index contributed by atoms with van der Waals surface area (Å²) in [5.41, 5.74) is 0. The highest BCUT2D eigenvalue weighted by molar-refractivity contribution is 5.78. The van der Waals surface area contributed by atoms with Gasteiger partial charge < -0.3 is 19.8 Å². The van der Waals surface area contributed by atoms with Crippen molar-refractivity contribution >= 4 is 11.9 Å². The third kappa shape index (κ3) is 8.95. The Morgan fingerprint density at radius 3 is 2.39 bits per heavy atom. The molecule has 6 nitrogen and oxygen atoms in total. The number of ether oxygens (including phenoxy) is 1. The van der Waals surface area contributed by atoms with Crippen LogP contribution < -0.4 is 0 Å². The third-order valence-electron chi connectivity index (χ3n) is 2.46. The number of aliphatic carboxylic acids is 1. The molecule has 0 aromatic heterocycles. The Balaban J connectivity index is 3.90. The Morgan fingerprint density at radius 2 is 1.83 bits per heavy atom. The first-order chi connectivity index (χ1) is 8.61. The van der Waals surface area contributed by atoms with Crippen LogP contribution >= 0.6 is 0 Å². The molecule has 18 heavy (non-hydrogen) atoms. The van der Waals surface area contributed by atoms with Crippen LogP contribution in [0.4, 0.5) is 0 Å². The summed E-state index contributed by atoms with van der Waals surface area (Å²) in [7, 11) is 0. The van der Waals surface area contributed by atoms with Crippen LogP contribution in [0.3, 0.4) is 0 Å². The van der Waals surface area contributed by atoms with Gasteiger partial charge in [-0.05, 0) is 6.42 Å². The van der Waals surface area contributed by atoms with Crippen LogP contribution in [-0.4, -0.2) is 59.9 Å². The maximum atomic E-state index is 11.7. The summed E-state index contributed by atoms with van der Waals surface area (Å²) in [5, 5.41) is 17.3. The molecule has 0 aliphatic rings. The molecule has 106 valence electrons. The van der Waals surface area contributed by atoms with Gasteiger partial charge in [0, 0.05) is 13.1 Å². The Morgan fingerprint density at radius 1 is 1.11 bits per heavy atom. The maximum absolute atomic E-state index is 11.7. The topological polar surface area (TPSA) is 87.1 Å². The molecule has 0 saturated carbocycles. The number of aliphatic hydroxyl groups is 1. The van der Waals surface area contributed by atoms with Crippen LogP contribution in [-0.2, 0) is 14.3 Å². The SMILES string of the molecule is CCCCCCN(CCO)C(=O)COCC(=O)O. The highest BCUT2D eigenvalue weighted by atomic mass is 16.5. The van der Waals surface area contributed by atoms with E-state index >= 15 is 0 Å². The molecule has 0 saturated heterocycles. The lowest BCUT2D eigenvalue weighted by atomic mass is 10.2. The summed E-state index contributed by atoms with van der Waals surface area (Å²) in [4.78, 5) is 23.4. The smallest absolute Gasteiger partial charge is 0.329 e. The Kier molecular flexibility index (Phi) is 10.3. The fourth-order valence-corrected chi connectivity index (χ4v) is 1.53. The standard InChI is InChI=1S/C12H23NO5/c1-2-3-4-5-6-13(7-8-14)11(15)9-18-10-12(16)17/h14H,2-10H2,1H3,(H,16,17). The van der Waals surface area contributed by atoms with Gasteiger partial charge in [-0.1, -0.05) is 26.2 Å². The molecule has 6 heteroatoms. The summed E-state index contributed by atoms with van der Waals surface area (Å²) in [5.74, 6) is -1.37. The molecule has 0 bridgehead atoms. The van der Waals surface area contributed by atoms with Gasteiger partial charge in [0.15, 0.2) is 0 Å². The maximum Gasteiger partial charge on any atom is 0.329 e. The van der Waals surface area contributed by atoms with E-state index in [0.717, 1.165) is 25.7 Å². The molecular formula is C12H23NO5. The van der Waals surface area contributed by atoms with Crippen LogP contribution in [0.25, 0.3) is 0 Å². The summed E-state index contributed by atoms with van der Waals surface area (Å²) < 4.78 is 4.74. The van der Waals surface area contributed by atoms with Crippen LogP contribution in [0, 0.1) is 0 Å². The number of aliphatic hydroxyl groups excluding tert-OH is 1. The number of hydrogen-bond donors (Lipinski definition) is 2. The quantitative estimate of drug-likeness (QED) is 0.528. The zero-order chi connectivity index (χ0) is 13.8. The number of unbranched alkanes of at least 4 members (excludes halogenated alkanes) is 3. The number of amides is 1. The Bertz CT molecular complexity index is 245. The monoisotopic (exact) mass is 261 g/mol. The largest absolute Gasteiger partial charge is 0.480 e. The number of carbonyl (C=O) groups is 2. The molecule has 0 aliphatic heterocycles. The van der Waals surface area contributed by atoms with E-state index < -0.39 is 12.6 Å². The number of carboxylic acid groups (broad SMARTS) is 1. The molecule has 0 unspecified atom stereocenters. The van der Waals surface area contributed by atoms with E-state index in [4.69, 9.17) is 14.9 Å². The average molecular weight is 261 g/mol. The molecule has 0 aromatic carbocycles. The van der Waals surface area contributed by atoms with Gasteiger partial charge in [-0.25, -0.2) is 4.79 Å². The number of carbonyl (C=O) groups excluding carboxylic acids is 1. The van der Waals surface area contributed by atoms with E-state index in [1.54, 1.807) is 0 Å². The zero-order valence-corrected chi connectivity index (χ0v) is 10.9.